The van der Waals surface area contributed by atoms with E-state index >= 15 is 0 Å². The molecule has 0 radical (unpaired) electrons. The Balaban J connectivity index is 1.93. The molecule has 1 fully saturated rings. The van der Waals surface area contributed by atoms with Gasteiger partial charge in [-0.25, -0.2) is 9.79 Å². The second kappa shape index (κ2) is 15.3. The molecule has 9 N–H and O–H groups in total. The number of carbonyl (C=O) groups is 2. The maximum atomic E-state index is 12.0. The number of nitrogens with two attached hydrogens (primary N) is 2. The zero-order chi connectivity index (χ0) is 29.1. The highest BCUT2D eigenvalue weighted by Gasteiger charge is 2.50. The molecule has 0 heterocycles. The molecular weight excluding hydrogens is 508 g/mol. The molecule has 218 valence electrons. The first-order valence-corrected chi connectivity index (χ1v) is 13.2. The van der Waals surface area contributed by atoms with Crippen molar-refractivity contribution in [2.24, 2.45) is 34.2 Å². The minimum Gasteiger partial charge on any atom is -0.504 e. The Morgan fingerprint density at radius 2 is 1.87 bits per heavy atom. The Bertz CT molecular complexity index is 1010. The molecule has 1 aromatic rings. The summed E-state index contributed by atoms with van der Waals surface area (Å²) in [6, 6.07) is 3.22. The van der Waals surface area contributed by atoms with Gasteiger partial charge in [0.2, 0.25) is 5.91 Å². The standard InChI is InChI=1S/C27H42N4O8/c1-4-17(5-2)24(30-15(3)32)23-19(31-27(28)29)14-18(25(23)36)26(37)39-12-6-11-38-22(35)10-8-16-7-9-20(33)21(34)13-16/h7-10,13,17-19,23-26,33-34,36-37H,4-6,11-12,14H2,1-3H3,(H,30,32)(H4,28,29,31)/b10-8+/t18-,19+,23+,24-,25+,26?/m0/s1. The number of hydrogen-bond donors (Lipinski definition) is 7. The number of hydrogen-bond acceptors (Lipinski definition) is 9. The number of phenolic OH excluding ortho intramolecular Hbond substituents is 2. The minimum absolute atomic E-state index is 0.0302. The van der Waals surface area contributed by atoms with E-state index in [1.807, 2.05) is 13.8 Å². The third-order valence-corrected chi connectivity index (χ3v) is 7.05. The van der Waals surface area contributed by atoms with Gasteiger partial charge in [-0.2, -0.15) is 0 Å². The highest BCUT2D eigenvalue weighted by atomic mass is 16.6. The number of benzene rings is 1. The summed E-state index contributed by atoms with van der Waals surface area (Å²) in [7, 11) is 0. The van der Waals surface area contributed by atoms with Crippen molar-refractivity contribution in [3.63, 3.8) is 0 Å². The van der Waals surface area contributed by atoms with Crippen LogP contribution in [0.15, 0.2) is 29.3 Å². The second-order valence-electron chi connectivity index (χ2n) is 9.76. The third kappa shape index (κ3) is 9.41. The number of phenols is 2. The highest BCUT2D eigenvalue weighted by molar-refractivity contribution is 5.87. The molecule has 1 aliphatic carbocycles. The van der Waals surface area contributed by atoms with Crippen molar-refractivity contribution in [2.45, 2.75) is 70.9 Å². The van der Waals surface area contributed by atoms with Crippen LogP contribution >= 0.6 is 0 Å². The van der Waals surface area contributed by atoms with Gasteiger partial charge in [0.15, 0.2) is 23.7 Å². The Morgan fingerprint density at radius 1 is 1.18 bits per heavy atom. The zero-order valence-corrected chi connectivity index (χ0v) is 22.7. The molecule has 0 spiro atoms. The van der Waals surface area contributed by atoms with Crippen LogP contribution in [0, 0.1) is 17.8 Å². The van der Waals surface area contributed by atoms with Gasteiger partial charge in [-0.3, -0.25) is 4.79 Å². The SMILES string of the molecule is CCC(CC)[C@H](NC(C)=O)[C@@H]1[C@H](O)[C@@H](C(O)OCCCOC(=O)/C=C/c2ccc(O)c(O)c2)C[C@H]1N=C(N)N. The Kier molecular flexibility index (Phi) is 12.5. The number of aliphatic hydroxyl groups is 2. The van der Waals surface area contributed by atoms with Gasteiger partial charge < -0.3 is 46.7 Å². The number of aliphatic hydroxyl groups excluding tert-OH is 2. The number of nitrogens with zero attached hydrogens (tertiary/aromatic N) is 1. The summed E-state index contributed by atoms with van der Waals surface area (Å²) in [4.78, 5) is 28.2. The molecule has 1 saturated carbocycles. The number of amides is 1. The molecule has 0 bridgehead atoms. The molecule has 12 heteroatoms. The summed E-state index contributed by atoms with van der Waals surface area (Å²) >= 11 is 0. The van der Waals surface area contributed by atoms with E-state index in [-0.39, 0.29) is 48.9 Å². The summed E-state index contributed by atoms with van der Waals surface area (Å²) in [5, 5.41) is 43.8. The van der Waals surface area contributed by atoms with Crippen LogP contribution in [-0.2, 0) is 19.1 Å². The van der Waals surface area contributed by atoms with Gasteiger partial charge >= 0.3 is 5.97 Å². The lowest BCUT2D eigenvalue weighted by molar-refractivity contribution is -0.159. The fraction of sp³-hybridized carbons (Fsp3) is 0.593. The van der Waals surface area contributed by atoms with Crippen LogP contribution in [0.4, 0.5) is 0 Å². The lowest BCUT2D eigenvalue weighted by atomic mass is 9.80. The van der Waals surface area contributed by atoms with Crippen molar-refractivity contribution < 1.29 is 39.5 Å². The Morgan fingerprint density at radius 3 is 2.46 bits per heavy atom. The van der Waals surface area contributed by atoms with Crippen LogP contribution in [0.2, 0.25) is 0 Å². The second-order valence-corrected chi connectivity index (χ2v) is 9.76. The summed E-state index contributed by atoms with van der Waals surface area (Å²) in [5.74, 6) is -2.68. The topological polar surface area (TPSA) is 210 Å². The average molecular weight is 551 g/mol. The number of ether oxygens (including phenoxy) is 2. The van der Waals surface area contributed by atoms with E-state index in [9.17, 15) is 30.0 Å². The predicted molar refractivity (Wildman–Crippen MR) is 145 cm³/mol. The first-order chi connectivity index (χ1) is 18.5. The summed E-state index contributed by atoms with van der Waals surface area (Å²) < 4.78 is 10.7. The van der Waals surface area contributed by atoms with Gasteiger partial charge in [-0.1, -0.05) is 32.8 Å². The van der Waals surface area contributed by atoms with Gasteiger partial charge in [-0.05, 0) is 36.1 Å². The van der Waals surface area contributed by atoms with Crippen molar-refractivity contribution in [1.82, 2.24) is 5.32 Å². The summed E-state index contributed by atoms with van der Waals surface area (Å²) in [5.41, 5.74) is 11.8. The number of esters is 1. The number of rotatable bonds is 14. The fourth-order valence-corrected chi connectivity index (χ4v) is 5.13. The van der Waals surface area contributed by atoms with Crippen LogP contribution < -0.4 is 16.8 Å². The normalized spacial score (nSPS) is 22.5. The van der Waals surface area contributed by atoms with E-state index in [0.717, 1.165) is 12.8 Å². The first kappa shape index (κ1) is 31.9. The van der Waals surface area contributed by atoms with E-state index in [1.54, 1.807) is 0 Å². The molecule has 0 aliphatic heterocycles. The van der Waals surface area contributed by atoms with Crippen molar-refractivity contribution in [3.8, 4) is 11.5 Å². The minimum atomic E-state index is -1.32. The number of carbonyl (C=O) groups excluding carboxylic acids is 2. The maximum absolute atomic E-state index is 12.0. The number of aromatic hydroxyl groups is 2. The molecule has 2 rings (SSSR count). The van der Waals surface area contributed by atoms with Crippen LogP contribution in [0.1, 0.15) is 52.0 Å². The van der Waals surface area contributed by atoms with E-state index < -0.39 is 42.3 Å². The average Bonchev–Trinajstić information content (AvgIpc) is 3.18. The molecular formula is C27H42N4O8. The lowest BCUT2D eigenvalue weighted by Gasteiger charge is -2.36. The first-order valence-electron chi connectivity index (χ1n) is 13.2. The van der Waals surface area contributed by atoms with Crippen molar-refractivity contribution in [3.05, 3.63) is 29.8 Å². The molecule has 39 heavy (non-hydrogen) atoms. The van der Waals surface area contributed by atoms with Gasteiger partial charge in [0.1, 0.15) is 0 Å². The van der Waals surface area contributed by atoms with Gasteiger partial charge in [-0.15, -0.1) is 0 Å². The molecule has 0 saturated heterocycles. The number of guanidine groups is 1. The highest BCUT2D eigenvalue weighted by Crippen LogP contribution is 2.41. The smallest absolute Gasteiger partial charge is 0.330 e. The van der Waals surface area contributed by atoms with Crippen molar-refractivity contribution in [2.75, 3.05) is 13.2 Å². The van der Waals surface area contributed by atoms with Gasteiger partial charge in [0.05, 0.1) is 25.4 Å². The molecule has 6 atom stereocenters. The monoisotopic (exact) mass is 550 g/mol. The quantitative estimate of drug-likeness (QED) is 0.0332. The predicted octanol–water partition coefficient (Wildman–Crippen LogP) is 0.959. The largest absolute Gasteiger partial charge is 0.504 e. The van der Waals surface area contributed by atoms with E-state index in [4.69, 9.17) is 20.9 Å². The summed E-state index contributed by atoms with van der Waals surface area (Å²) in [6.07, 6.45) is 2.36. The Hall–Kier alpha value is -3.35. The summed E-state index contributed by atoms with van der Waals surface area (Å²) in [6.45, 7) is 5.53. The molecule has 1 amide bonds. The van der Waals surface area contributed by atoms with Gasteiger partial charge in [0.25, 0.3) is 0 Å². The van der Waals surface area contributed by atoms with E-state index in [1.165, 1.54) is 37.3 Å². The fourth-order valence-electron chi connectivity index (χ4n) is 5.13. The zero-order valence-electron chi connectivity index (χ0n) is 22.7. The van der Waals surface area contributed by atoms with Crippen LogP contribution in [-0.4, -0.2) is 76.0 Å². The number of nitrogens with one attached hydrogen (secondary N) is 1. The molecule has 1 aliphatic rings. The van der Waals surface area contributed by atoms with Crippen molar-refractivity contribution in [1.29, 1.82) is 0 Å². The molecule has 1 unspecified atom stereocenters. The lowest BCUT2D eigenvalue weighted by Crippen LogP contribution is -2.51. The van der Waals surface area contributed by atoms with E-state index in [2.05, 4.69) is 10.3 Å². The van der Waals surface area contributed by atoms with Crippen LogP contribution in [0.5, 0.6) is 11.5 Å². The van der Waals surface area contributed by atoms with Gasteiger partial charge in [0, 0.05) is 37.3 Å². The maximum Gasteiger partial charge on any atom is 0.330 e. The van der Waals surface area contributed by atoms with Crippen molar-refractivity contribution >= 4 is 23.9 Å². The molecule has 0 aromatic heterocycles. The number of aliphatic imine (C=N–C) groups is 1. The Labute approximate surface area is 228 Å². The molecule has 1 aromatic carbocycles. The van der Waals surface area contributed by atoms with Crippen LogP contribution in [0.3, 0.4) is 0 Å². The van der Waals surface area contributed by atoms with E-state index in [0.29, 0.717) is 12.0 Å². The third-order valence-electron chi connectivity index (χ3n) is 7.05. The van der Waals surface area contributed by atoms with Crippen LogP contribution in [0.25, 0.3) is 6.08 Å². The molecule has 12 nitrogen and oxygen atoms in total.